The maximum Gasteiger partial charge on any atom is 0.317 e. The molecule has 220 valence electrons. The first-order valence-corrected chi connectivity index (χ1v) is 13.7. The molecule has 2 N–H and O–H groups in total. The van der Waals surface area contributed by atoms with Crippen molar-refractivity contribution in [3.05, 3.63) is 65.4 Å². The highest BCUT2D eigenvalue weighted by Crippen LogP contribution is 2.30. The first kappa shape index (κ1) is 28.8. The fourth-order valence-electron chi connectivity index (χ4n) is 5.13. The van der Waals surface area contributed by atoms with Crippen molar-refractivity contribution in [2.75, 3.05) is 38.0 Å². The number of aryl methyl sites for hydroxylation is 1. The number of hydrogen-bond donors (Lipinski definition) is 2. The first-order chi connectivity index (χ1) is 20.1. The van der Waals surface area contributed by atoms with Crippen LogP contribution < -0.4 is 10.6 Å². The zero-order chi connectivity index (χ0) is 30.1. The Balaban J connectivity index is 1.34. The second-order valence-electron chi connectivity index (χ2n) is 10.3. The Morgan fingerprint density at radius 3 is 2.33 bits per heavy atom. The average Bonchev–Trinajstić information content (AvgIpc) is 3.30. The Morgan fingerprint density at radius 2 is 1.67 bits per heavy atom. The molecular weight excluding hydrogens is 549 g/mol. The van der Waals surface area contributed by atoms with E-state index in [-0.39, 0.29) is 59.1 Å². The van der Waals surface area contributed by atoms with Crippen molar-refractivity contribution in [2.45, 2.75) is 33.7 Å². The third kappa shape index (κ3) is 5.58. The van der Waals surface area contributed by atoms with Gasteiger partial charge in [0.2, 0.25) is 5.95 Å². The number of hydrogen-bond acceptors (Lipinski definition) is 6. The van der Waals surface area contributed by atoms with Crippen molar-refractivity contribution in [1.29, 1.82) is 0 Å². The molecule has 1 aliphatic rings. The third-order valence-electron chi connectivity index (χ3n) is 7.10. The lowest BCUT2D eigenvalue weighted by molar-refractivity contribution is 0.0660. The standard InChI is InChI=1S/C29H31F3N8O2/c1-5-33-29(42)39-10-8-38(9-11-39)27(41)20-7-6-19(14-21(20)30)36-28-34-15-23(32)25(37-28)18-12-22(31)26-24(13-18)40(16(2)3)17(4)35-26/h6-7,12-16H,5,8-11H2,1-4H3,(H,33,42)(H,34,36,37). The summed E-state index contributed by atoms with van der Waals surface area (Å²) in [7, 11) is 0. The number of imidazole rings is 1. The summed E-state index contributed by atoms with van der Waals surface area (Å²) in [6.45, 7) is 9.25. The number of aromatic nitrogens is 4. The highest BCUT2D eigenvalue weighted by Gasteiger charge is 2.26. The molecule has 42 heavy (non-hydrogen) atoms. The first-order valence-electron chi connectivity index (χ1n) is 13.7. The fraction of sp³-hybridized carbons (Fsp3) is 0.345. The molecule has 13 heteroatoms. The minimum atomic E-state index is -0.761. The van der Waals surface area contributed by atoms with Gasteiger partial charge in [0, 0.05) is 50.0 Å². The summed E-state index contributed by atoms with van der Waals surface area (Å²) < 4.78 is 46.8. The number of carbonyl (C=O) groups excluding carboxylic acids is 2. The molecule has 1 aliphatic heterocycles. The lowest BCUT2D eigenvalue weighted by atomic mass is 10.1. The van der Waals surface area contributed by atoms with Crippen molar-refractivity contribution in [2.24, 2.45) is 0 Å². The van der Waals surface area contributed by atoms with Gasteiger partial charge in [0.25, 0.3) is 5.91 Å². The molecule has 0 spiro atoms. The van der Waals surface area contributed by atoms with E-state index in [0.29, 0.717) is 31.0 Å². The van der Waals surface area contributed by atoms with E-state index in [2.05, 4.69) is 25.6 Å². The number of nitrogens with one attached hydrogen (secondary N) is 2. The van der Waals surface area contributed by atoms with E-state index >= 15 is 4.39 Å². The summed E-state index contributed by atoms with van der Waals surface area (Å²) in [6, 6.07) is 6.57. The molecule has 1 saturated heterocycles. The minimum absolute atomic E-state index is 0.00113. The number of carbonyl (C=O) groups is 2. The van der Waals surface area contributed by atoms with Crippen LogP contribution in [-0.2, 0) is 0 Å². The van der Waals surface area contributed by atoms with Gasteiger partial charge in [0.1, 0.15) is 22.9 Å². The van der Waals surface area contributed by atoms with Crippen molar-refractivity contribution >= 4 is 34.6 Å². The summed E-state index contributed by atoms with van der Waals surface area (Å²) in [5.74, 6) is -2.02. The zero-order valence-corrected chi connectivity index (χ0v) is 23.7. The summed E-state index contributed by atoms with van der Waals surface area (Å²) in [6.07, 6.45) is 0.951. The fourth-order valence-corrected chi connectivity index (χ4v) is 5.13. The number of piperazine rings is 1. The van der Waals surface area contributed by atoms with Gasteiger partial charge in [-0.1, -0.05) is 0 Å². The van der Waals surface area contributed by atoms with Crippen LogP contribution in [0.4, 0.5) is 29.6 Å². The van der Waals surface area contributed by atoms with Crippen molar-refractivity contribution < 1.29 is 22.8 Å². The molecule has 0 unspecified atom stereocenters. The molecule has 0 saturated carbocycles. The normalized spacial score (nSPS) is 13.6. The van der Waals surface area contributed by atoms with Gasteiger partial charge in [-0.25, -0.2) is 32.9 Å². The SMILES string of the molecule is CCNC(=O)N1CCN(C(=O)c2ccc(Nc3ncc(F)c(-c4cc(F)c5nc(C)n(C(C)C)c5c4)n3)cc2F)CC1. The van der Waals surface area contributed by atoms with E-state index in [1.807, 2.05) is 25.3 Å². The van der Waals surface area contributed by atoms with Gasteiger partial charge in [-0.3, -0.25) is 4.79 Å². The monoisotopic (exact) mass is 580 g/mol. The summed E-state index contributed by atoms with van der Waals surface area (Å²) in [4.78, 5) is 40.6. The Hall–Kier alpha value is -4.68. The Morgan fingerprint density at radius 1 is 0.952 bits per heavy atom. The van der Waals surface area contributed by atoms with Crippen LogP contribution in [0, 0.1) is 24.4 Å². The number of halogens is 3. The van der Waals surface area contributed by atoms with Gasteiger partial charge < -0.3 is 25.0 Å². The lowest BCUT2D eigenvalue weighted by Gasteiger charge is -2.34. The summed E-state index contributed by atoms with van der Waals surface area (Å²) in [5.41, 5.74) is 0.877. The predicted molar refractivity (Wildman–Crippen MR) is 152 cm³/mol. The lowest BCUT2D eigenvalue weighted by Crippen LogP contribution is -2.53. The molecule has 0 radical (unpaired) electrons. The second-order valence-corrected chi connectivity index (χ2v) is 10.3. The molecule has 4 aromatic rings. The number of urea groups is 1. The highest BCUT2D eigenvalue weighted by atomic mass is 19.1. The number of fused-ring (bicyclic) bond motifs is 1. The van der Waals surface area contributed by atoms with Gasteiger partial charge in [-0.2, -0.15) is 0 Å². The van der Waals surface area contributed by atoms with Crippen molar-refractivity contribution in [1.82, 2.24) is 34.6 Å². The van der Waals surface area contributed by atoms with Crippen LogP contribution in [0.3, 0.4) is 0 Å². The van der Waals surface area contributed by atoms with Gasteiger partial charge in [-0.15, -0.1) is 0 Å². The molecule has 3 heterocycles. The number of benzene rings is 2. The molecule has 0 bridgehead atoms. The van der Waals surface area contributed by atoms with Gasteiger partial charge in [0.05, 0.1) is 17.3 Å². The van der Waals surface area contributed by atoms with Gasteiger partial charge in [-0.05, 0) is 58.0 Å². The molecule has 0 aliphatic carbocycles. The van der Waals surface area contributed by atoms with Gasteiger partial charge >= 0.3 is 6.03 Å². The smallest absolute Gasteiger partial charge is 0.317 e. The number of anilines is 2. The van der Waals surface area contributed by atoms with E-state index in [0.717, 1.165) is 12.3 Å². The Labute approximate surface area is 240 Å². The predicted octanol–water partition coefficient (Wildman–Crippen LogP) is 5.03. The molecule has 2 aromatic heterocycles. The molecule has 5 rings (SSSR count). The van der Waals surface area contributed by atoms with Crippen LogP contribution in [0.5, 0.6) is 0 Å². The number of rotatable bonds is 6. The van der Waals surface area contributed by atoms with Crippen LogP contribution in [0.1, 0.15) is 43.0 Å². The average molecular weight is 581 g/mol. The molecule has 1 fully saturated rings. The van der Waals surface area contributed by atoms with E-state index in [4.69, 9.17) is 0 Å². The molecule has 3 amide bonds. The van der Waals surface area contributed by atoms with Crippen LogP contribution in [0.15, 0.2) is 36.5 Å². The number of amides is 3. The third-order valence-corrected chi connectivity index (χ3v) is 7.10. The molecule has 2 aromatic carbocycles. The Bertz CT molecular complexity index is 1660. The maximum atomic E-state index is 15.1. The van der Waals surface area contributed by atoms with E-state index < -0.39 is 23.4 Å². The van der Waals surface area contributed by atoms with Crippen LogP contribution in [-0.4, -0.2) is 74.0 Å². The number of nitrogens with zero attached hydrogens (tertiary/aromatic N) is 6. The topological polar surface area (TPSA) is 108 Å². The van der Waals surface area contributed by atoms with E-state index in [9.17, 15) is 18.4 Å². The minimum Gasteiger partial charge on any atom is -0.338 e. The highest BCUT2D eigenvalue weighted by molar-refractivity contribution is 5.95. The van der Waals surface area contributed by atoms with E-state index in [1.54, 1.807) is 17.9 Å². The molecule has 0 atom stereocenters. The van der Waals surface area contributed by atoms with Crippen LogP contribution in [0.25, 0.3) is 22.3 Å². The second kappa shape index (κ2) is 11.7. The van der Waals surface area contributed by atoms with Gasteiger partial charge in [0.15, 0.2) is 11.6 Å². The van der Waals surface area contributed by atoms with Crippen LogP contribution >= 0.6 is 0 Å². The maximum absolute atomic E-state index is 15.1. The largest absolute Gasteiger partial charge is 0.338 e. The van der Waals surface area contributed by atoms with Crippen LogP contribution in [0.2, 0.25) is 0 Å². The molecule has 10 nitrogen and oxygen atoms in total. The Kier molecular flexibility index (Phi) is 8.01. The summed E-state index contributed by atoms with van der Waals surface area (Å²) >= 11 is 0. The zero-order valence-electron chi connectivity index (χ0n) is 23.7. The quantitative estimate of drug-likeness (QED) is 0.331. The summed E-state index contributed by atoms with van der Waals surface area (Å²) in [5, 5.41) is 5.55. The van der Waals surface area contributed by atoms with E-state index in [1.165, 1.54) is 23.1 Å². The molecular formula is C29H31F3N8O2. The van der Waals surface area contributed by atoms with Crippen molar-refractivity contribution in [3.63, 3.8) is 0 Å². The van der Waals surface area contributed by atoms with Crippen molar-refractivity contribution in [3.8, 4) is 11.3 Å².